The van der Waals surface area contributed by atoms with E-state index in [1.807, 2.05) is 24.3 Å². The van der Waals surface area contributed by atoms with Crippen molar-refractivity contribution in [3.05, 3.63) is 36.5 Å². The zero-order chi connectivity index (χ0) is 14.8. The number of carboxylic acids is 1. The first kappa shape index (κ1) is 13.4. The van der Waals surface area contributed by atoms with Crippen LogP contribution in [0.15, 0.2) is 36.5 Å². The number of carbonyl (C=O) groups is 2. The largest absolute Gasteiger partial charge is 0.481 e. The van der Waals surface area contributed by atoms with Crippen molar-refractivity contribution < 1.29 is 14.7 Å². The molecule has 108 valence electrons. The molecule has 1 aromatic carbocycles. The van der Waals surface area contributed by atoms with Gasteiger partial charge < -0.3 is 10.4 Å². The van der Waals surface area contributed by atoms with E-state index in [4.69, 9.17) is 5.11 Å². The van der Waals surface area contributed by atoms with Gasteiger partial charge in [0.05, 0.1) is 17.5 Å². The molecule has 2 aromatic rings. The summed E-state index contributed by atoms with van der Waals surface area (Å²) in [5.74, 6) is -2.11. The smallest absolute Gasteiger partial charge is 0.307 e. The lowest BCUT2D eigenvalue weighted by atomic mass is 9.73. The van der Waals surface area contributed by atoms with Gasteiger partial charge in [0.25, 0.3) is 0 Å². The monoisotopic (exact) mass is 285 g/mol. The molecular weight excluding hydrogens is 270 g/mol. The number of nitrogens with zero attached hydrogens (tertiary/aromatic N) is 1. The van der Waals surface area contributed by atoms with Crippen LogP contribution in [0.2, 0.25) is 0 Å². The second kappa shape index (κ2) is 5.40. The van der Waals surface area contributed by atoms with E-state index in [9.17, 15) is 9.59 Å². The Morgan fingerprint density at radius 3 is 2.67 bits per heavy atom. The van der Waals surface area contributed by atoms with Gasteiger partial charge in [0.15, 0.2) is 0 Å². The van der Waals surface area contributed by atoms with Crippen molar-refractivity contribution in [2.45, 2.75) is 12.8 Å². The van der Waals surface area contributed by atoms with Crippen LogP contribution in [-0.2, 0) is 9.59 Å². The van der Waals surface area contributed by atoms with Crippen molar-refractivity contribution >= 4 is 17.6 Å². The first-order valence-electron chi connectivity index (χ1n) is 6.78. The molecule has 1 aliphatic rings. The number of nitrogens with one attached hydrogen (secondary N) is 2. The number of anilines is 1. The average Bonchev–Trinajstić information content (AvgIpc) is 2.90. The molecular formula is C15H15N3O3. The highest BCUT2D eigenvalue weighted by Crippen LogP contribution is 2.35. The van der Waals surface area contributed by atoms with Crippen LogP contribution < -0.4 is 5.32 Å². The molecule has 1 saturated carbocycles. The Morgan fingerprint density at radius 1 is 1.24 bits per heavy atom. The molecule has 1 amide bonds. The number of H-pyrrole nitrogens is 1. The first-order valence-corrected chi connectivity index (χ1v) is 6.78. The summed E-state index contributed by atoms with van der Waals surface area (Å²) in [5.41, 5.74) is 2.43. The summed E-state index contributed by atoms with van der Waals surface area (Å²) in [6.45, 7) is 0. The molecule has 1 aliphatic carbocycles. The highest BCUT2D eigenvalue weighted by atomic mass is 16.4. The second-order valence-electron chi connectivity index (χ2n) is 5.17. The van der Waals surface area contributed by atoms with Gasteiger partial charge in [-0.2, -0.15) is 5.10 Å². The molecule has 21 heavy (non-hydrogen) atoms. The van der Waals surface area contributed by atoms with E-state index in [1.54, 1.807) is 12.3 Å². The fraction of sp³-hybridized carbons (Fsp3) is 0.267. The molecule has 6 heteroatoms. The summed E-state index contributed by atoms with van der Waals surface area (Å²) in [4.78, 5) is 23.1. The summed E-state index contributed by atoms with van der Waals surface area (Å²) in [7, 11) is 0. The number of hydrogen-bond donors (Lipinski definition) is 3. The minimum absolute atomic E-state index is 0.226. The van der Waals surface area contributed by atoms with Gasteiger partial charge in [-0.25, -0.2) is 0 Å². The average molecular weight is 285 g/mol. The number of hydrogen-bond acceptors (Lipinski definition) is 3. The fourth-order valence-corrected chi connectivity index (χ4v) is 2.53. The molecule has 0 saturated heterocycles. The Hall–Kier alpha value is -2.63. The fourth-order valence-electron chi connectivity index (χ4n) is 2.53. The van der Waals surface area contributed by atoms with Gasteiger partial charge >= 0.3 is 5.97 Å². The molecule has 1 aromatic heterocycles. The van der Waals surface area contributed by atoms with Crippen LogP contribution >= 0.6 is 0 Å². The Bertz CT molecular complexity index is 667. The normalized spacial score (nSPS) is 20.6. The third-order valence-electron chi connectivity index (χ3n) is 3.87. The lowest BCUT2D eigenvalue weighted by molar-refractivity contribution is -0.151. The van der Waals surface area contributed by atoms with Crippen molar-refractivity contribution in [2.24, 2.45) is 11.8 Å². The van der Waals surface area contributed by atoms with E-state index < -0.39 is 17.8 Å². The van der Waals surface area contributed by atoms with Crippen molar-refractivity contribution in [3.8, 4) is 11.3 Å². The zero-order valence-corrected chi connectivity index (χ0v) is 11.2. The van der Waals surface area contributed by atoms with E-state index in [0.717, 1.165) is 11.3 Å². The third-order valence-corrected chi connectivity index (χ3v) is 3.87. The van der Waals surface area contributed by atoms with Crippen LogP contribution in [0, 0.1) is 11.8 Å². The van der Waals surface area contributed by atoms with Crippen LogP contribution in [0.4, 0.5) is 5.69 Å². The number of aliphatic carboxylic acids is 1. The molecule has 3 N–H and O–H groups in total. The Labute approximate surface area is 121 Å². The molecule has 2 atom stereocenters. The Balaban J connectivity index is 1.72. The SMILES string of the molecule is O=C(O)C1CCC1C(=O)Nc1cccc(-c2ccn[nH]2)c1. The molecule has 6 nitrogen and oxygen atoms in total. The number of aromatic nitrogens is 2. The van der Waals surface area contributed by atoms with Crippen LogP contribution in [0.5, 0.6) is 0 Å². The highest BCUT2D eigenvalue weighted by Gasteiger charge is 2.41. The molecule has 1 fully saturated rings. The van der Waals surface area contributed by atoms with Gasteiger partial charge in [-0.1, -0.05) is 12.1 Å². The molecule has 0 spiro atoms. The summed E-state index contributed by atoms with van der Waals surface area (Å²) in [5, 5.41) is 18.5. The van der Waals surface area contributed by atoms with Gasteiger partial charge in [-0.3, -0.25) is 14.7 Å². The number of benzene rings is 1. The summed E-state index contributed by atoms with van der Waals surface area (Å²) < 4.78 is 0. The van der Waals surface area contributed by atoms with Crippen molar-refractivity contribution in [1.82, 2.24) is 10.2 Å². The summed E-state index contributed by atoms with van der Waals surface area (Å²) >= 11 is 0. The van der Waals surface area contributed by atoms with Gasteiger partial charge in [0.1, 0.15) is 0 Å². The molecule has 3 rings (SSSR count). The second-order valence-corrected chi connectivity index (χ2v) is 5.17. The van der Waals surface area contributed by atoms with Crippen molar-refractivity contribution in [2.75, 3.05) is 5.32 Å². The van der Waals surface area contributed by atoms with Crippen molar-refractivity contribution in [3.63, 3.8) is 0 Å². The van der Waals surface area contributed by atoms with Crippen LogP contribution in [-0.4, -0.2) is 27.2 Å². The maximum atomic E-state index is 12.1. The Morgan fingerprint density at radius 2 is 2.05 bits per heavy atom. The maximum absolute atomic E-state index is 12.1. The predicted octanol–water partition coefficient (Wildman–Crippen LogP) is 2.13. The number of rotatable bonds is 4. The molecule has 2 unspecified atom stereocenters. The zero-order valence-electron chi connectivity index (χ0n) is 11.2. The molecule has 0 radical (unpaired) electrons. The highest BCUT2D eigenvalue weighted by molar-refractivity contribution is 5.96. The van der Waals surface area contributed by atoms with E-state index >= 15 is 0 Å². The van der Waals surface area contributed by atoms with E-state index in [-0.39, 0.29) is 5.91 Å². The van der Waals surface area contributed by atoms with E-state index in [2.05, 4.69) is 15.5 Å². The molecule has 1 heterocycles. The van der Waals surface area contributed by atoms with E-state index in [0.29, 0.717) is 18.5 Å². The molecule has 0 bridgehead atoms. The lowest BCUT2D eigenvalue weighted by Crippen LogP contribution is -2.41. The quantitative estimate of drug-likeness (QED) is 0.802. The van der Waals surface area contributed by atoms with Gasteiger partial charge in [0, 0.05) is 17.4 Å². The maximum Gasteiger partial charge on any atom is 0.307 e. The molecule has 0 aliphatic heterocycles. The summed E-state index contributed by atoms with van der Waals surface area (Å²) in [6.07, 6.45) is 2.86. The standard InChI is InChI=1S/C15H15N3O3/c19-14(11-4-5-12(11)15(20)21)17-10-3-1-2-9(8-10)13-6-7-16-18-13/h1-3,6-8,11-12H,4-5H2,(H,16,18)(H,17,19)(H,20,21). The minimum Gasteiger partial charge on any atom is -0.481 e. The van der Waals surface area contributed by atoms with Gasteiger partial charge in [-0.15, -0.1) is 0 Å². The minimum atomic E-state index is -0.896. The third kappa shape index (κ3) is 2.65. The van der Waals surface area contributed by atoms with Crippen LogP contribution in [0.25, 0.3) is 11.3 Å². The predicted molar refractivity (Wildman–Crippen MR) is 76.5 cm³/mol. The van der Waals surface area contributed by atoms with Gasteiger partial charge in [0.2, 0.25) is 5.91 Å². The first-order chi connectivity index (χ1) is 10.1. The lowest BCUT2D eigenvalue weighted by Gasteiger charge is -2.31. The van der Waals surface area contributed by atoms with E-state index in [1.165, 1.54) is 0 Å². The Kier molecular flexibility index (Phi) is 3.43. The number of carboxylic acid groups (broad SMARTS) is 1. The summed E-state index contributed by atoms with van der Waals surface area (Å²) in [6, 6.07) is 9.20. The number of amides is 1. The van der Waals surface area contributed by atoms with Gasteiger partial charge in [-0.05, 0) is 31.0 Å². The van der Waals surface area contributed by atoms with Crippen LogP contribution in [0.3, 0.4) is 0 Å². The topological polar surface area (TPSA) is 95.1 Å². The number of carbonyl (C=O) groups excluding carboxylic acids is 1. The van der Waals surface area contributed by atoms with Crippen LogP contribution in [0.1, 0.15) is 12.8 Å². The number of aromatic amines is 1. The van der Waals surface area contributed by atoms with Crippen molar-refractivity contribution in [1.29, 1.82) is 0 Å².